The van der Waals surface area contributed by atoms with Crippen LogP contribution in [0.3, 0.4) is 0 Å². The van der Waals surface area contributed by atoms with Gasteiger partial charge in [0.15, 0.2) is 0 Å². The van der Waals surface area contributed by atoms with Crippen molar-refractivity contribution in [2.24, 2.45) is 0 Å². The molecule has 1 amide bonds. The van der Waals surface area contributed by atoms with E-state index in [2.05, 4.69) is 20.5 Å². The summed E-state index contributed by atoms with van der Waals surface area (Å²) in [4.78, 5) is 15.6. The molecule has 2 aromatic heterocycles. The Balaban J connectivity index is 1.42. The lowest BCUT2D eigenvalue weighted by Gasteiger charge is -2.04. The second-order valence-corrected chi connectivity index (χ2v) is 5.14. The van der Waals surface area contributed by atoms with Gasteiger partial charge >= 0.3 is 0 Å². The van der Waals surface area contributed by atoms with Crippen molar-refractivity contribution < 1.29 is 4.79 Å². The monoisotopic (exact) mass is 310 g/mol. The smallest absolute Gasteiger partial charge is 0.221 e. The van der Waals surface area contributed by atoms with E-state index < -0.39 is 0 Å². The van der Waals surface area contributed by atoms with E-state index in [0.29, 0.717) is 19.5 Å². The lowest BCUT2D eigenvalue weighted by Crippen LogP contribution is -2.26. The largest absolute Gasteiger partial charge is 0.356 e. The van der Waals surface area contributed by atoms with Crippen LogP contribution in [0, 0.1) is 0 Å². The molecule has 23 heavy (non-hydrogen) atoms. The molecule has 0 saturated heterocycles. The normalized spacial score (nSPS) is 10.6. The summed E-state index contributed by atoms with van der Waals surface area (Å²) in [6, 6.07) is 9.94. The number of para-hydroxylation sites is 1. The summed E-state index contributed by atoms with van der Waals surface area (Å²) in [5.41, 5.74) is 2.11. The minimum Gasteiger partial charge on any atom is -0.356 e. The summed E-state index contributed by atoms with van der Waals surface area (Å²) in [7, 11) is 0. The van der Waals surface area contributed by atoms with Crippen LogP contribution in [0.2, 0.25) is 0 Å². The van der Waals surface area contributed by atoms with Crippen molar-refractivity contribution in [3.8, 4) is 5.69 Å². The highest BCUT2D eigenvalue weighted by Crippen LogP contribution is 2.07. The zero-order valence-corrected chi connectivity index (χ0v) is 12.7. The molecule has 3 aromatic rings. The number of nitrogens with zero attached hydrogens (tertiary/aromatic N) is 5. The summed E-state index contributed by atoms with van der Waals surface area (Å²) in [5.74, 6) is 0.0101. The molecule has 0 radical (unpaired) electrons. The summed E-state index contributed by atoms with van der Waals surface area (Å²) >= 11 is 0. The number of hydrogen-bond donors (Lipinski definition) is 1. The fraction of sp³-hybridized carbons (Fsp3) is 0.250. The van der Waals surface area contributed by atoms with Crippen molar-refractivity contribution in [1.29, 1.82) is 0 Å². The number of rotatable bonds is 7. The van der Waals surface area contributed by atoms with Gasteiger partial charge in [0.05, 0.1) is 18.4 Å². The van der Waals surface area contributed by atoms with E-state index in [4.69, 9.17) is 0 Å². The Hall–Kier alpha value is -2.96. The highest BCUT2D eigenvalue weighted by molar-refractivity contribution is 5.75. The minimum atomic E-state index is 0.0101. The summed E-state index contributed by atoms with van der Waals surface area (Å²) in [6.45, 7) is 1.13. The molecule has 0 aliphatic carbocycles. The first-order valence-electron chi connectivity index (χ1n) is 7.49. The zero-order valence-electron chi connectivity index (χ0n) is 12.7. The van der Waals surface area contributed by atoms with Crippen LogP contribution >= 0.6 is 0 Å². The van der Waals surface area contributed by atoms with E-state index in [1.807, 2.05) is 47.4 Å². The number of carbonyl (C=O) groups is 1. The molecule has 7 heteroatoms. The first-order valence-corrected chi connectivity index (χ1v) is 7.49. The van der Waals surface area contributed by atoms with Crippen molar-refractivity contribution in [2.45, 2.75) is 19.4 Å². The Labute approximate surface area is 134 Å². The molecule has 0 aliphatic heterocycles. The number of amides is 1. The van der Waals surface area contributed by atoms with Crippen molar-refractivity contribution in [2.75, 3.05) is 6.54 Å². The molecule has 0 fully saturated rings. The van der Waals surface area contributed by atoms with Gasteiger partial charge in [-0.3, -0.25) is 9.48 Å². The molecule has 1 aromatic carbocycles. The molecular formula is C16H18N6O. The molecule has 0 spiro atoms. The van der Waals surface area contributed by atoms with Crippen LogP contribution < -0.4 is 5.32 Å². The van der Waals surface area contributed by atoms with Crippen LogP contribution in [-0.4, -0.2) is 37.0 Å². The third kappa shape index (κ3) is 4.26. The summed E-state index contributed by atoms with van der Waals surface area (Å²) in [5, 5.41) is 11.2. The van der Waals surface area contributed by atoms with Gasteiger partial charge in [-0.1, -0.05) is 18.2 Å². The fourth-order valence-corrected chi connectivity index (χ4v) is 2.21. The highest BCUT2D eigenvalue weighted by Gasteiger charge is 2.04. The van der Waals surface area contributed by atoms with Gasteiger partial charge in [0, 0.05) is 19.2 Å². The molecule has 1 N–H and O–H groups in total. The predicted octanol–water partition coefficient (Wildman–Crippen LogP) is 1.21. The number of carbonyl (C=O) groups excluding carboxylic acids is 1. The Morgan fingerprint density at radius 2 is 2.04 bits per heavy atom. The van der Waals surface area contributed by atoms with Gasteiger partial charge in [-0.15, -0.1) is 0 Å². The van der Waals surface area contributed by atoms with Crippen LogP contribution in [0.4, 0.5) is 0 Å². The minimum absolute atomic E-state index is 0.0101. The maximum absolute atomic E-state index is 11.8. The fourth-order valence-electron chi connectivity index (χ4n) is 2.21. The Bertz CT molecular complexity index is 735. The van der Waals surface area contributed by atoms with E-state index in [1.54, 1.807) is 11.0 Å². The van der Waals surface area contributed by atoms with Gasteiger partial charge in [-0.05, 0) is 24.1 Å². The number of benzene rings is 1. The average Bonchev–Trinajstić information content (AvgIpc) is 3.26. The molecule has 118 valence electrons. The predicted molar refractivity (Wildman–Crippen MR) is 84.9 cm³/mol. The number of aromatic nitrogens is 5. The lowest BCUT2D eigenvalue weighted by molar-refractivity contribution is -0.121. The van der Waals surface area contributed by atoms with Crippen LogP contribution in [0.1, 0.15) is 12.0 Å². The van der Waals surface area contributed by atoms with Crippen molar-refractivity contribution in [3.05, 3.63) is 60.9 Å². The molecule has 2 heterocycles. The molecular weight excluding hydrogens is 292 g/mol. The molecule has 0 atom stereocenters. The maximum Gasteiger partial charge on any atom is 0.221 e. The first kappa shape index (κ1) is 15.0. The van der Waals surface area contributed by atoms with E-state index in [1.165, 1.54) is 6.33 Å². The van der Waals surface area contributed by atoms with Gasteiger partial charge in [-0.25, -0.2) is 9.67 Å². The number of hydrogen-bond acceptors (Lipinski definition) is 4. The molecule has 0 bridgehead atoms. The third-order valence-corrected chi connectivity index (χ3v) is 3.43. The molecule has 3 rings (SSSR count). The van der Waals surface area contributed by atoms with E-state index >= 15 is 0 Å². The zero-order chi connectivity index (χ0) is 15.9. The highest BCUT2D eigenvalue weighted by atomic mass is 16.1. The summed E-state index contributed by atoms with van der Waals surface area (Å²) < 4.78 is 3.48. The van der Waals surface area contributed by atoms with Gasteiger partial charge in [-0.2, -0.15) is 10.2 Å². The van der Waals surface area contributed by atoms with E-state index in [-0.39, 0.29) is 5.91 Å². The van der Waals surface area contributed by atoms with Gasteiger partial charge in [0.25, 0.3) is 0 Å². The molecule has 0 aliphatic rings. The van der Waals surface area contributed by atoms with Crippen LogP contribution in [0.15, 0.2) is 55.4 Å². The third-order valence-electron chi connectivity index (χ3n) is 3.43. The number of nitrogens with one attached hydrogen (secondary N) is 1. The van der Waals surface area contributed by atoms with E-state index in [0.717, 1.165) is 17.7 Å². The van der Waals surface area contributed by atoms with Crippen LogP contribution in [-0.2, 0) is 17.8 Å². The molecule has 0 unspecified atom stereocenters. The first-order chi connectivity index (χ1) is 11.3. The Kier molecular flexibility index (Phi) is 4.78. The Morgan fingerprint density at radius 1 is 1.17 bits per heavy atom. The standard InChI is InChI=1S/C16H18N6O/c23-16(7-9-21-13-17-12-20-21)18-8-6-14-10-19-22(11-14)15-4-2-1-3-5-15/h1-5,10-13H,6-9H2,(H,18,23). The van der Waals surface area contributed by atoms with Crippen LogP contribution in [0.25, 0.3) is 5.69 Å². The second-order valence-electron chi connectivity index (χ2n) is 5.14. The summed E-state index contributed by atoms with van der Waals surface area (Å²) in [6.07, 6.45) is 8.02. The van der Waals surface area contributed by atoms with E-state index in [9.17, 15) is 4.79 Å². The molecule has 0 saturated carbocycles. The lowest BCUT2D eigenvalue weighted by atomic mass is 10.2. The Morgan fingerprint density at radius 3 is 2.83 bits per heavy atom. The van der Waals surface area contributed by atoms with Gasteiger partial charge < -0.3 is 5.32 Å². The topological polar surface area (TPSA) is 77.6 Å². The SMILES string of the molecule is O=C(CCn1cncn1)NCCc1cnn(-c2ccccc2)c1. The van der Waals surface area contributed by atoms with Crippen molar-refractivity contribution in [1.82, 2.24) is 29.9 Å². The molecule has 7 nitrogen and oxygen atoms in total. The second kappa shape index (κ2) is 7.35. The van der Waals surface area contributed by atoms with Crippen LogP contribution in [0.5, 0.6) is 0 Å². The number of aryl methyl sites for hydroxylation is 1. The quantitative estimate of drug-likeness (QED) is 0.711. The van der Waals surface area contributed by atoms with Gasteiger partial charge in [0.2, 0.25) is 5.91 Å². The van der Waals surface area contributed by atoms with Gasteiger partial charge in [0.1, 0.15) is 12.7 Å². The van der Waals surface area contributed by atoms with Crippen molar-refractivity contribution in [3.63, 3.8) is 0 Å². The average molecular weight is 310 g/mol. The maximum atomic E-state index is 11.8. The van der Waals surface area contributed by atoms with Crippen molar-refractivity contribution >= 4 is 5.91 Å².